The maximum absolute atomic E-state index is 5.38. The highest BCUT2D eigenvalue weighted by molar-refractivity contribution is 7.19. The fraction of sp³-hybridized carbons (Fsp3) is 0.158. The Bertz CT molecular complexity index is 791. The first-order chi connectivity index (χ1) is 11.2. The molecule has 1 heterocycles. The van der Waals surface area contributed by atoms with Gasteiger partial charge in [0.1, 0.15) is 0 Å². The van der Waals surface area contributed by atoms with E-state index in [0.717, 1.165) is 5.56 Å². The van der Waals surface area contributed by atoms with Gasteiger partial charge in [0, 0.05) is 9.58 Å². The molecular weight excluding hydrogens is 308 g/mol. The monoisotopic (exact) mass is 326 g/mol. The smallest absolute Gasteiger partial charge is 0.203 e. The van der Waals surface area contributed by atoms with Gasteiger partial charge < -0.3 is 14.2 Å². The maximum Gasteiger partial charge on any atom is 0.203 e. The average Bonchev–Trinajstić information content (AvgIpc) is 3.01. The number of rotatable bonds is 5. The molecule has 0 spiro atoms. The van der Waals surface area contributed by atoms with Crippen molar-refractivity contribution in [3.63, 3.8) is 0 Å². The average molecular weight is 326 g/mol. The van der Waals surface area contributed by atoms with Crippen molar-refractivity contribution in [2.75, 3.05) is 21.3 Å². The quantitative estimate of drug-likeness (QED) is 0.653. The Kier molecular flexibility index (Phi) is 4.53. The van der Waals surface area contributed by atoms with E-state index in [4.69, 9.17) is 14.2 Å². The lowest BCUT2D eigenvalue weighted by Gasteiger charge is -2.12. The molecule has 0 bridgehead atoms. The molecule has 118 valence electrons. The normalized spacial score (nSPS) is 11.1. The molecule has 0 N–H and O–H groups in total. The van der Waals surface area contributed by atoms with Crippen molar-refractivity contribution in [3.8, 4) is 17.2 Å². The minimum absolute atomic E-state index is 0.606. The molecule has 23 heavy (non-hydrogen) atoms. The second kappa shape index (κ2) is 6.75. The van der Waals surface area contributed by atoms with Gasteiger partial charge in [-0.25, -0.2) is 0 Å². The molecule has 0 radical (unpaired) electrons. The highest BCUT2D eigenvalue weighted by Gasteiger charge is 2.12. The summed E-state index contributed by atoms with van der Waals surface area (Å²) in [6.07, 6.45) is 4.15. The molecule has 0 saturated carbocycles. The molecule has 3 rings (SSSR count). The Morgan fingerprint density at radius 3 is 2.13 bits per heavy atom. The number of fused-ring (bicyclic) bond motifs is 1. The van der Waals surface area contributed by atoms with Crippen LogP contribution in [-0.4, -0.2) is 21.3 Å². The highest BCUT2D eigenvalue weighted by atomic mass is 32.1. The fourth-order valence-corrected chi connectivity index (χ4v) is 3.43. The standard InChI is InChI=1S/C19H18O3S/c1-20-16-10-13(11-17(21-2)19(16)22-3)8-9-15-12-14-6-4-5-7-18(14)23-15/h4-12H,1-3H3/b9-8-. The molecule has 4 heteroatoms. The summed E-state index contributed by atoms with van der Waals surface area (Å²) < 4.78 is 17.4. The predicted octanol–water partition coefficient (Wildman–Crippen LogP) is 5.10. The van der Waals surface area contributed by atoms with Crippen LogP contribution in [0.5, 0.6) is 17.2 Å². The third-order valence-corrected chi connectivity index (χ3v) is 4.65. The summed E-state index contributed by atoms with van der Waals surface area (Å²) in [5.41, 5.74) is 0.997. The second-order valence-corrected chi connectivity index (χ2v) is 6.09. The summed E-state index contributed by atoms with van der Waals surface area (Å²) in [4.78, 5) is 1.21. The maximum atomic E-state index is 5.38. The van der Waals surface area contributed by atoms with Gasteiger partial charge in [0.2, 0.25) is 5.75 Å². The van der Waals surface area contributed by atoms with E-state index in [1.807, 2.05) is 12.1 Å². The van der Waals surface area contributed by atoms with Crippen molar-refractivity contribution in [3.05, 3.63) is 52.9 Å². The summed E-state index contributed by atoms with van der Waals surface area (Å²) >= 11 is 1.77. The number of hydrogen-bond acceptors (Lipinski definition) is 4. The lowest BCUT2D eigenvalue weighted by Crippen LogP contribution is -1.95. The van der Waals surface area contributed by atoms with Gasteiger partial charge in [0.05, 0.1) is 21.3 Å². The van der Waals surface area contributed by atoms with Gasteiger partial charge in [-0.2, -0.15) is 0 Å². The van der Waals surface area contributed by atoms with E-state index >= 15 is 0 Å². The van der Waals surface area contributed by atoms with Gasteiger partial charge in [-0.3, -0.25) is 0 Å². The van der Waals surface area contributed by atoms with Crippen LogP contribution in [0, 0.1) is 0 Å². The summed E-state index contributed by atoms with van der Waals surface area (Å²) in [7, 11) is 4.85. The topological polar surface area (TPSA) is 27.7 Å². The van der Waals surface area contributed by atoms with Crippen molar-refractivity contribution in [2.24, 2.45) is 0 Å². The first-order valence-electron chi connectivity index (χ1n) is 7.22. The first kappa shape index (κ1) is 15.4. The molecule has 0 aliphatic carbocycles. The van der Waals surface area contributed by atoms with Gasteiger partial charge in [-0.1, -0.05) is 24.3 Å². The van der Waals surface area contributed by atoms with E-state index in [2.05, 4.69) is 42.5 Å². The molecular formula is C19H18O3S. The number of methoxy groups -OCH3 is 3. The number of benzene rings is 2. The zero-order valence-corrected chi connectivity index (χ0v) is 14.1. The molecule has 0 saturated heterocycles. The first-order valence-corrected chi connectivity index (χ1v) is 8.03. The highest BCUT2D eigenvalue weighted by Crippen LogP contribution is 2.38. The van der Waals surface area contributed by atoms with Crippen LogP contribution in [-0.2, 0) is 0 Å². The van der Waals surface area contributed by atoms with Crippen LogP contribution in [0.15, 0.2) is 42.5 Å². The molecule has 0 aliphatic rings. The molecule has 0 fully saturated rings. The SMILES string of the molecule is COc1cc(/C=C\c2cc3ccccc3s2)cc(OC)c1OC. The summed E-state index contributed by atoms with van der Waals surface area (Å²) in [5, 5.41) is 1.27. The van der Waals surface area contributed by atoms with Crippen LogP contribution >= 0.6 is 11.3 Å². The Morgan fingerprint density at radius 1 is 0.826 bits per heavy atom. The van der Waals surface area contributed by atoms with Crippen LogP contribution in [0.4, 0.5) is 0 Å². The van der Waals surface area contributed by atoms with Gasteiger partial charge in [0.15, 0.2) is 11.5 Å². The minimum Gasteiger partial charge on any atom is -0.493 e. The molecule has 1 aromatic heterocycles. The molecule has 2 aromatic carbocycles. The lowest BCUT2D eigenvalue weighted by molar-refractivity contribution is 0.324. The van der Waals surface area contributed by atoms with Crippen LogP contribution in [0.3, 0.4) is 0 Å². The second-order valence-electron chi connectivity index (χ2n) is 4.98. The summed E-state index contributed by atoms with van der Waals surface area (Å²) in [6.45, 7) is 0. The number of thiophene rings is 1. The van der Waals surface area contributed by atoms with Crippen molar-refractivity contribution in [1.82, 2.24) is 0 Å². The molecule has 0 aliphatic heterocycles. The summed E-state index contributed by atoms with van der Waals surface area (Å²) in [5.74, 6) is 1.92. The van der Waals surface area contributed by atoms with E-state index in [1.165, 1.54) is 15.0 Å². The van der Waals surface area contributed by atoms with Gasteiger partial charge >= 0.3 is 0 Å². The van der Waals surface area contributed by atoms with E-state index < -0.39 is 0 Å². The van der Waals surface area contributed by atoms with E-state index in [9.17, 15) is 0 Å². The number of hydrogen-bond donors (Lipinski definition) is 0. The van der Waals surface area contributed by atoms with Crippen molar-refractivity contribution in [1.29, 1.82) is 0 Å². The Morgan fingerprint density at radius 2 is 1.52 bits per heavy atom. The third-order valence-electron chi connectivity index (χ3n) is 3.57. The molecule has 0 unspecified atom stereocenters. The molecule has 0 atom stereocenters. The Hall–Kier alpha value is -2.46. The van der Waals surface area contributed by atoms with Crippen molar-refractivity contribution < 1.29 is 14.2 Å². The predicted molar refractivity (Wildman–Crippen MR) is 96.9 cm³/mol. The fourth-order valence-electron chi connectivity index (χ4n) is 2.46. The molecule has 0 amide bonds. The Labute approximate surface area is 139 Å². The lowest BCUT2D eigenvalue weighted by atomic mass is 10.1. The zero-order valence-electron chi connectivity index (χ0n) is 13.3. The van der Waals surface area contributed by atoms with E-state index in [1.54, 1.807) is 32.7 Å². The largest absolute Gasteiger partial charge is 0.493 e. The van der Waals surface area contributed by atoms with Crippen molar-refractivity contribution in [2.45, 2.75) is 0 Å². The van der Waals surface area contributed by atoms with E-state index in [-0.39, 0.29) is 0 Å². The minimum atomic E-state index is 0.606. The Balaban J connectivity index is 1.95. The molecule has 3 nitrogen and oxygen atoms in total. The molecule has 3 aromatic rings. The van der Waals surface area contributed by atoms with E-state index in [0.29, 0.717) is 17.2 Å². The number of ether oxygens (including phenoxy) is 3. The van der Waals surface area contributed by atoms with Crippen LogP contribution in [0.25, 0.3) is 22.2 Å². The van der Waals surface area contributed by atoms with Gasteiger partial charge in [-0.15, -0.1) is 11.3 Å². The van der Waals surface area contributed by atoms with Crippen molar-refractivity contribution >= 4 is 33.6 Å². The van der Waals surface area contributed by atoms with Gasteiger partial charge in [0.25, 0.3) is 0 Å². The van der Waals surface area contributed by atoms with Gasteiger partial charge in [-0.05, 0) is 41.3 Å². The van der Waals surface area contributed by atoms with Crippen LogP contribution in [0.2, 0.25) is 0 Å². The summed E-state index contributed by atoms with van der Waals surface area (Å²) in [6, 6.07) is 14.4. The third kappa shape index (κ3) is 3.17. The van der Waals surface area contributed by atoms with Crippen LogP contribution < -0.4 is 14.2 Å². The zero-order chi connectivity index (χ0) is 16.2. The van der Waals surface area contributed by atoms with Crippen LogP contribution in [0.1, 0.15) is 10.4 Å².